The molecule has 0 fully saturated rings. The van der Waals surface area contributed by atoms with Crippen LogP contribution in [0.15, 0.2) is 212 Å². The van der Waals surface area contributed by atoms with Gasteiger partial charge < -0.3 is 0 Å². The van der Waals surface area contributed by atoms with Gasteiger partial charge in [0, 0.05) is 27.8 Å². The number of rotatable bonds is 10. The quantitative estimate of drug-likeness (QED) is 0.133. The van der Waals surface area contributed by atoms with Crippen molar-refractivity contribution in [3.8, 4) is 56.4 Å². The maximum absolute atomic E-state index is 5.21. The highest BCUT2D eigenvalue weighted by molar-refractivity contribution is 6.14. The second-order valence-electron chi connectivity index (χ2n) is 13.3. The smallest absolute Gasteiger partial charge is 0.164 e. The van der Waals surface area contributed by atoms with Crippen molar-refractivity contribution >= 4 is 17.0 Å². The number of aliphatic imine (C=N–C) groups is 1. The molecule has 7 aromatic carbocycles. The molecular formula is C51H38N4. The van der Waals surface area contributed by atoms with Crippen LogP contribution in [-0.2, 0) is 0 Å². The number of hydrogen-bond donors (Lipinski definition) is 0. The van der Waals surface area contributed by atoms with Crippen molar-refractivity contribution in [3.63, 3.8) is 0 Å². The first-order valence-electron chi connectivity index (χ1n) is 18.3. The molecule has 0 radical (unpaired) electrons. The molecule has 0 aliphatic heterocycles. The average Bonchev–Trinajstić information content (AvgIpc) is 3.27. The Morgan fingerprint density at radius 2 is 0.782 bits per heavy atom. The molecule has 0 atom stereocenters. The summed E-state index contributed by atoms with van der Waals surface area (Å²) in [6.45, 7) is 6.58. The van der Waals surface area contributed by atoms with Gasteiger partial charge in [0.1, 0.15) is 0 Å². The highest BCUT2D eigenvalue weighted by Crippen LogP contribution is 2.30. The van der Waals surface area contributed by atoms with Gasteiger partial charge in [0.05, 0.1) is 11.4 Å². The number of allylic oxidation sites excluding steroid dienone is 2. The minimum atomic E-state index is 0.614. The van der Waals surface area contributed by atoms with Crippen LogP contribution < -0.4 is 0 Å². The largest absolute Gasteiger partial charge is 0.248 e. The molecule has 8 rings (SSSR count). The van der Waals surface area contributed by atoms with Gasteiger partial charge in [-0.25, -0.2) is 19.9 Å². The fourth-order valence-corrected chi connectivity index (χ4v) is 6.52. The lowest BCUT2D eigenvalue weighted by atomic mass is 9.97. The fourth-order valence-electron chi connectivity index (χ4n) is 6.52. The van der Waals surface area contributed by atoms with E-state index in [1.165, 1.54) is 0 Å². The third-order valence-electron chi connectivity index (χ3n) is 9.45. The van der Waals surface area contributed by atoms with E-state index in [0.29, 0.717) is 23.2 Å². The molecule has 0 unspecified atom stereocenters. The van der Waals surface area contributed by atoms with E-state index in [9.17, 15) is 0 Å². The van der Waals surface area contributed by atoms with Crippen LogP contribution in [0, 0.1) is 0 Å². The Labute approximate surface area is 322 Å². The summed E-state index contributed by atoms with van der Waals surface area (Å²) in [5, 5.41) is 0. The number of aromatic nitrogens is 3. The van der Waals surface area contributed by atoms with E-state index in [-0.39, 0.29) is 0 Å². The first-order chi connectivity index (χ1) is 27.1. The molecule has 0 N–H and O–H groups in total. The molecule has 1 aromatic heterocycles. The average molecular weight is 707 g/mol. The summed E-state index contributed by atoms with van der Waals surface area (Å²) < 4.78 is 0. The van der Waals surface area contributed by atoms with Gasteiger partial charge in [0.25, 0.3) is 0 Å². The number of nitrogens with zero attached hydrogens (tertiary/aromatic N) is 4. The van der Waals surface area contributed by atoms with Gasteiger partial charge in [-0.3, -0.25) is 0 Å². The monoisotopic (exact) mass is 706 g/mol. The summed E-state index contributed by atoms with van der Waals surface area (Å²) in [6.07, 6.45) is 2.15. The van der Waals surface area contributed by atoms with E-state index in [0.717, 1.165) is 66.9 Å². The van der Waals surface area contributed by atoms with Crippen LogP contribution in [0.3, 0.4) is 0 Å². The van der Waals surface area contributed by atoms with Crippen molar-refractivity contribution in [2.45, 2.75) is 6.92 Å². The van der Waals surface area contributed by atoms with Gasteiger partial charge in [-0.2, -0.15) is 0 Å². The summed E-state index contributed by atoms with van der Waals surface area (Å²) in [5.74, 6) is 1.88. The van der Waals surface area contributed by atoms with Crippen molar-refractivity contribution in [1.82, 2.24) is 15.0 Å². The SMILES string of the molecule is C=C(/N=C(\C=C(/C)c1ccccc1)c1cccc(-c2cccc(-c3nc(-c4ccccc4)nc(-c4ccccc4)n3)c2)c1)c1cccc(-c2ccccc2)c1. The van der Waals surface area contributed by atoms with E-state index < -0.39 is 0 Å². The predicted octanol–water partition coefficient (Wildman–Crippen LogP) is 12.8. The summed E-state index contributed by atoms with van der Waals surface area (Å²) in [5.41, 5.74) is 12.9. The maximum Gasteiger partial charge on any atom is 0.164 e. The summed E-state index contributed by atoms with van der Waals surface area (Å²) in [6, 6.07) is 66.2. The van der Waals surface area contributed by atoms with E-state index >= 15 is 0 Å². The Morgan fingerprint density at radius 3 is 1.36 bits per heavy atom. The molecule has 0 aliphatic rings. The molecule has 55 heavy (non-hydrogen) atoms. The highest BCUT2D eigenvalue weighted by Gasteiger charge is 2.14. The third kappa shape index (κ3) is 8.20. The molecule has 262 valence electrons. The molecule has 0 spiro atoms. The molecule has 0 aliphatic carbocycles. The first kappa shape index (κ1) is 34.8. The molecule has 0 amide bonds. The van der Waals surface area contributed by atoms with Gasteiger partial charge in [0.2, 0.25) is 0 Å². The molecule has 8 aromatic rings. The van der Waals surface area contributed by atoms with E-state index in [1.807, 2.05) is 72.8 Å². The van der Waals surface area contributed by atoms with Crippen molar-refractivity contribution in [2.75, 3.05) is 0 Å². The minimum absolute atomic E-state index is 0.614. The Kier molecular flexibility index (Phi) is 10.2. The van der Waals surface area contributed by atoms with Crippen molar-refractivity contribution in [3.05, 3.63) is 223 Å². The number of benzene rings is 7. The summed E-state index contributed by atoms with van der Waals surface area (Å²) >= 11 is 0. The Morgan fingerprint density at radius 1 is 0.400 bits per heavy atom. The Hall–Kier alpha value is -7.30. The van der Waals surface area contributed by atoms with Crippen LogP contribution in [-0.4, -0.2) is 20.7 Å². The zero-order chi connectivity index (χ0) is 37.4. The van der Waals surface area contributed by atoms with Gasteiger partial charge in [0.15, 0.2) is 17.5 Å². The molecular weight excluding hydrogens is 669 g/mol. The lowest BCUT2D eigenvalue weighted by Crippen LogP contribution is -2.01. The zero-order valence-electron chi connectivity index (χ0n) is 30.5. The van der Waals surface area contributed by atoms with Crippen LogP contribution in [0.5, 0.6) is 0 Å². The molecule has 0 saturated carbocycles. The van der Waals surface area contributed by atoms with Crippen LogP contribution >= 0.6 is 0 Å². The Bertz CT molecular complexity index is 2590. The van der Waals surface area contributed by atoms with Crippen molar-refractivity contribution in [1.29, 1.82) is 0 Å². The van der Waals surface area contributed by atoms with Crippen molar-refractivity contribution < 1.29 is 0 Å². The highest BCUT2D eigenvalue weighted by atomic mass is 15.0. The Balaban J connectivity index is 1.19. The topological polar surface area (TPSA) is 51.0 Å². The lowest BCUT2D eigenvalue weighted by molar-refractivity contribution is 1.07. The molecule has 4 heteroatoms. The van der Waals surface area contributed by atoms with E-state index in [4.69, 9.17) is 19.9 Å². The summed E-state index contributed by atoms with van der Waals surface area (Å²) in [4.78, 5) is 20.0. The second-order valence-corrected chi connectivity index (χ2v) is 13.3. The number of hydrogen-bond acceptors (Lipinski definition) is 4. The second kappa shape index (κ2) is 16.2. The van der Waals surface area contributed by atoms with Crippen LogP contribution in [0.2, 0.25) is 0 Å². The zero-order valence-corrected chi connectivity index (χ0v) is 30.5. The standard InChI is InChI=1S/C51H38N4/c1-36(38-18-7-3-8-19-38)32-48(52-37(2)42-26-15-27-43(33-42)39-20-9-4-10-21-39)46-30-16-28-44(34-46)45-29-17-31-47(35-45)51-54-49(40-22-11-5-12-23-40)53-50(55-51)41-24-13-6-14-25-41/h3-35H,2H2,1H3/b36-32+,52-48+. The van der Waals surface area contributed by atoms with E-state index in [1.54, 1.807) is 0 Å². The normalized spacial score (nSPS) is 11.7. The predicted molar refractivity (Wildman–Crippen MR) is 229 cm³/mol. The molecule has 0 bridgehead atoms. The minimum Gasteiger partial charge on any atom is -0.248 e. The summed E-state index contributed by atoms with van der Waals surface area (Å²) in [7, 11) is 0. The third-order valence-corrected chi connectivity index (χ3v) is 9.45. The molecule has 4 nitrogen and oxygen atoms in total. The van der Waals surface area contributed by atoms with Crippen molar-refractivity contribution in [2.24, 2.45) is 4.99 Å². The van der Waals surface area contributed by atoms with Gasteiger partial charge in [-0.1, -0.05) is 183 Å². The van der Waals surface area contributed by atoms with E-state index in [2.05, 4.69) is 141 Å². The fraction of sp³-hybridized carbons (Fsp3) is 0.0196. The molecule has 1 heterocycles. The van der Waals surface area contributed by atoms with Crippen LogP contribution in [0.1, 0.15) is 23.6 Å². The van der Waals surface area contributed by atoms with Crippen LogP contribution in [0.4, 0.5) is 0 Å². The van der Waals surface area contributed by atoms with Crippen LogP contribution in [0.25, 0.3) is 67.7 Å². The van der Waals surface area contributed by atoms with Gasteiger partial charge in [-0.15, -0.1) is 0 Å². The maximum atomic E-state index is 5.21. The molecule has 0 saturated heterocycles. The van der Waals surface area contributed by atoms with Gasteiger partial charge in [-0.05, 0) is 64.6 Å². The first-order valence-corrected chi connectivity index (χ1v) is 18.3. The van der Waals surface area contributed by atoms with Gasteiger partial charge >= 0.3 is 0 Å². The lowest BCUT2D eigenvalue weighted by Gasteiger charge is -2.12.